The molecule has 0 bridgehead atoms. The van der Waals surface area contributed by atoms with E-state index in [4.69, 9.17) is 15.2 Å². The molecule has 14 heavy (non-hydrogen) atoms. The van der Waals surface area contributed by atoms with Crippen LogP contribution in [-0.2, 0) is 9.47 Å². The summed E-state index contributed by atoms with van der Waals surface area (Å²) in [4.78, 5) is 0. The fraction of sp³-hybridized carbons (Fsp3) is 1.00. The summed E-state index contributed by atoms with van der Waals surface area (Å²) in [5.74, 6) is 0. The van der Waals surface area contributed by atoms with Crippen molar-refractivity contribution in [3.05, 3.63) is 0 Å². The van der Waals surface area contributed by atoms with Gasteiger partial charge in [0.1, 0.15) is 0 Å². The second kappa shape index (κ2) is 6.38. The van der Waals surface area contributed by atoms with E-state index < -0.39 is 0 Å². The van der Waals surface area contributed by atoms with E-state index in [1.807, 2.05) is 13.8 Å². The summed E-state index contributed by atoms with van der Waals surface area (Å²) in [6, 6.07) is 0. The standard InChI is InChI=1S/C11H25NO2/c1-9(2)13-6-7-14-10(8-12)11(3,4)5/h9-10H,6-8,12H2,1-5H3. The minimum absolute atomic E-state index is 0.104. The van der Waals surface area contributed by atoms with Crippen LogP contribution in [0.2, 0.25) is 0 Å². The first-order chi connectivity index (χ1) is 6.38. The molecule has 0 fully saturated rings. The van der Waals surface area contributed by atoms with Crippen LogP contribution in [0.3, 0.4) is 0 Å². The number of rotatable bonds is 6. The first-order valence-corrected chi connectivity index (χ1v) is 5.31. The van der Waals surface area contributed by atoms with Crippen LogP contribution in [0, 0.1) is 5.41 Å². The first kappa shape index (κ1) is 13.9. The maximum Gasteiger partial charge on any atom is 0.0746 e. The van der Waals surface area contributed by atoms with Gasteiger partial charge in [-0.2, -0.15) is 0 Å². The fourth-order valence-electron chi connectivity index (χ4n) is 1.15. The van der Waals surface area contributed by atoms with E-state index >= 15 is 0 Å². The van der Waals surface area contributed by atoms with Gasteiger partial charge in [-0.1, -0.05) is 20.8 Å². The van der Waals surface area contributed by atoms with E-state index in [2.05, 4.69) is 20.8 Å². The highest BCUT2D eigenvalue weighted by molar-refractivity contribution is 4.74. The van der Waals surface area contributed by atoms with E-state index in [1.165, 1.54) is 0 Å². The summed E-state index contributed by atoms with van der Waals surface area (Å²) in [6.45, 7) is 12.3. The maximum atomic E-state index is 5.66. The summed E-state index contributed by atoms with van der Waals surface area (Å²) in [7, 11) is 0. The summed E-state index contributed by atoms with van der Waals surface area (Å²) < 4.78 is 11.0. The second-order valence-corrected chi connectivity index (χ2v) is 4.88. The van der Waals surface area contributed by atoms with Crippen LogP contribution in [0.15, 0.2) is 0 Å². The van der Waals surface area contributed by atoms with Gasteiger partial charge in [0.2, 0.25) is 0 Å². The topological polar surface area (TPSA) is 44.5 Å². The SMILES string of the molecule is CC(C)OCCOC(CN)C(C)(C)C. The Balaban J connectivity index is 3.64. The molecule has 86 valence electrons. The largest absolute Gasteiger partial charge is 0.376 e. The highest BCUT2D eigenvalue weighted by atomic mass is 16.5. The van der Waals surface area contributed by atoms with Gasteiger partial charge in [0.05, 0.1) is 25.4 Å². The third-order valence-corrected chi connectivity index (χ3v) is 2.03. The van der Waals surface area contributed by atoms with Gasteiger partial charge >= 0.3 is 0 Å². The molecule has 0 spiro atoms. The Labute approximate surface area is 88.0 Å². The summed E-state index contributed by atoms with van der Waals surface area (Å²) in [5.41, 5.74) is 5.74. The van der Waals surface area contributed by atoms with E-state index in [0.29, 0.717) is 19.8 Å². The minimum atomic E-state index is 0.104. The lowest BCUT2D eigenvalue weighted by atomic mass is 9.89. The molecule has 1 unspecified atom stereocenters. The molecule has 0 radical (unpaired) electrons. The Bertz CT molecular complexity index is 141. The van der Waals surface area contributed by atoms with Crippen LogP contribution in [-0.4, -0.2) is 32.0 Å². The molecule has 0 rings (SSSR count). The van der Waals surface area contributed by atoms with Crippen molar-refractivity contribution in [2.24, 2.45) is 11.1 Å². The van der Waals surface area contributed by atoms with Crippen LogP contribution in [0.1, 0.15) is 34.6 Å². The Hall–Kier alpha value is -0.120. The molecule has 0 aliphatic carbocycles. The molecule has 3 heteroatoms. The monoisotopic (exact) mass is 203 g/mol. The van der Waals surface area contributed by atoms with Crippen LogP contribution < -0.4 is 5.73 Å². The van der Waals surface area contributed by atoms with Gasteiger partial charge in [-0.05, 0) is 19.3 Å². The molecule has 0 aliphatic heterocycles. The second-order valence-electron chi connectivity index (χ2n) is 4.88. The van der Waals surface area contributed by atoms with Crippen molar-refractivity contribution in [1.82, 2.24) is 0 Å². The summed E-state index contributed by atoms with van der Waals surface area (Å²) in [5, 5.41) is 0. The predicted molar refractivity (Wildman–Crippen MR) is 59.3 cm³/mol. The van der Waals surface area contributed by atoms with Gasteiger partial charge in [-0.25, -0.2) is 0 Å². The molecule has 0 heterocycles. The van der Waals surface area contributed by atoms with Crippen molar-refractivity contribution in [3.8, 4) is 0 Å². The highest BCUT2D eigenvalue weighted by Gasteiger charge is 2.23. The van der Waals surface area contributed by atoms with E-state index in [0.717, 1.165) is 0 Å². The maximum absolute atomic E-state index is 5.66. The van der Waals surface area contributed by atoms with Crippen LogP contribution in [0.4, 0.5) is 0 Å². The smallest absolute Gasteiger partial charge is 0.0746 e. The Morgan fingerprint density at radius 1 is 1.07 bits per heavy atom. The third kappa shape index (κ3) is 6.35. The predicted octanol–water partition coefficient (Wildman–Crippen LogP) is 1.80. The first-order valence-electron chi connectivity index (χ1n) is 5.31. The molecular weight excluding hydrogens is 178 g/mol. The molecule has 0 amide bonds. The molecule has 0 aromatic carbocycles. The third-order valence-electron chi connectivity index (χ3n) is 2.03. The van der Waals surface area contributed by atoms with Crippen molar-refractivity contribution in [1.29, 1.82) is 0 Å². The van der Waals surface area contributed by atoms with Crippen molar-refractivity contribution in [2.45, 2.75) is 46.8 Å². The van der Waals surface area contributed by atoms with E-state index in [9.17, 15) is 0 Å². The minimum Gasteiger partial charge on any atom is -0.376 e. The fourth-order valence-corrected chi connectivity index (χ4v) is 1.15. The molecule has 0 aromatic heterocycles. The van der Waals surface area contributed by atoms with Gasteiger partial charge in [0.15, 0.2) is 0 Å². The van der Waals surface area contributed by atoms with E-state index in [-0.39, 0.29) is 17.6 Å². The molecule has 1 atom stereocenters. The Kier molecular flexibility index (Phi) is 6.33. The lowest BCUT2D eigenvalue weighted by Gasteiger charge is -2.29. The summed E-state index contributed by atoms with van der Waals surface area (Å²) in [6.07, 6.45) is 0.378. The number of ether oxygens (including phenoxy) is 2. The highest BCUT2D eigenvalue weighted by Crippen LogP contribution is 2.21. The molecule has 3 nitrogen and oxygen atoms in total. The zero-order valence-electron chi connectivity index (χ0n) is 10.2. The quantitative estimate of drug-likeness (QED) is 0.669. The van der Waals surface area contributed by atoms with Crippen molar-refractivity contribution in [3.63, 3.8) is 0 Å². The lowest BCUT2D eigenvalue weighted by Crippen LogP contribution is -2.37. The van der Waals surface area contributed by atoms with Gasteiger partial charge in [-0.15, -0.1) is 0 Å². The molecule has 0 aromatic rings. The normalized spacial score (nSPS) is 14.8. The van der Waals surface area contributed by atoms with Gasteiger partial charge in [0.25, 0.3) is 0 Å². The Morgan fingerprint density at radius 2 is 1.57 bits per heavy atom. The Morgan fingerprint density at radius 3 is 1.93 bits per heavy atom. The molecule has 0 saturated heterocycles. The molecule has 2 N–H and O–H groups in total. The molecule has 0 aliphatic rings. The lowest BCUT2D eigenvalue weighted by molar-refractivity contribution is -0.0474. The number of hydrogen-bond acceptors (Lipinski definition) is 3. The average molecular weight is 203 g/mol. The van der Waals surface area contributed by atoms with Crippen molar-refractivity contribution < 1.29 is 9.47 Å². The van der Waals surface area contributed by atoms with Gasteiger partial charge in [0, 0.05) is 6.54 Å². The van der Waals surface area contributed by atoms with Crippen molar-refractivity contribution in [2.75, 3.05) is 19.8 Å². The zero-order chi connectivity index (χ0) is 11.2. The van der Waals surface area contributed by atoms with E-state index in [1.54, 1.807) is 0 Å². The van der Waals surface area contributed by atoms with Crippen LogP contribution in [0.5, 0.6) is 0 Å². The zero-order valence-corrected chi connectivity index (χ0v) is 10.2. The summed E-state index contributed by atoms with van der Waals surface area (Å²) >= 11 is 0. The molecule has 0 saturated carbocycles. The van der Waals surface area contributed by atoms with Gasteiger partial charge < -0.3 is 15.2 Å². The van der Waals surface area contributed by atoms with Gasteiger partial charge in [-0.3, -0.25) is 0 Å². The number of nitrogens with two attached hydrogens (primary N) is 1. The molecular formula is C11H25NO2. The van der Waals surface area contributed by atoms with Crippen LogP contribution in [0.25, 0.3) is 0 Å². The average Bonchev–Trinajstić information content (AvgIpc) is 2.01. The number of hydrogen-bond donors (Lipinski definition) is 1. The van der Waals surface area contributed by atoms with Crippen LogP contribution >= 0.6 is 0 Å². The van der Waals surface area contributed by atoms with Crippen molar-refractivity contribution >= 4 is 0 Å².